The number of ether oxygens (including phenoxy) is 1. The number of furan rings is 1. The highest BCUT2D eigenvalue weighted by molar-refractivity contribution is 5.85. The molecule has 0 spiro atoms. The van der Waals surface area contributed by atoms with E-state index < -0.39 is 10.9 Å². The number of benzene rings is 1. The molecule has 1 N–H and O–H groups in total. The Morgan fingerprint density at radius 3 is 2.76 bits per heavy atom. The standard InChI is InChI=1S/C14H11NO6/c1-20-10-2-5-11(12(8-10)15(18)19)13-6-3-9(21-13)4-7-14(16)17/h2-8H,1H3,(H,16,17)/b7-4+. The van der Waals surface area contributed by atoms with Gasteiger partial charge in [0, 0.05) is 6.08 Å². The summed E-state index contributed by atoms with van der Waals surface area (Å²) >= 11 is 0. The first kappa shape index (κ1) is 14.3. The van der Waals surface area contributed by atoms with Crippen molar-refractivity contribution >= 4 is 17.7 Å². The van der Waals surface area contributed by atoms with E-state index in [4.69, 9.17) is 14.3 Å². The average molecular weight is 289 g/mol. The number of carboxylic acid groups (broad SMARTS) is 1. The summed E-state index contributed by atoms with van der Waals surface area (Å²) in [6, 6.07) is 7.46. The molecule has 0 amide bonds. The maximum atomic E-state index is 11.1. The number of hydrogen-bond donors (Lipinski definition) is 1. The number of carbonyl (C=O) groups is 1. The third-order valence-corrected chi connectivity index (χ3v) is 2.68. The average Bonchev–Trinajstić information content (AvgIpc) is 2.93. The Morgan fingerprint density at radius 2 is 2.14 bits per heavy atom. The fourth-order valence-corrected chi connectivity index (χ4v) is 1.74. The molecule has 0 aliphatic rings. The smallest absolute Gasteiger partial charge is 0.328 e. The first-order chi connectivity index (χ1) is 10.0. The van der Waals surface area contributed by atoms with Crippen LogP contribution < -0.4 is 4.74 Å². The molecule has 1 heterocycles. The summed E-state index contributed by atoms with van der Waals surface area (Å²) in [7, 11) is 1.42. The van der Waals surface area contributed by atoms with Crippen molar-refractivity contribution in [2.75, 3.05) is 7.11 Å². The van der Waals surface area contributed by atoms with Crippen molar-refractivity contribution in [3.05, 3.63) is 52.3 Å². The number of hydrogen-bond acceptors (Lipinski definition) is 5. The van der Waals surface area contributed by atoms with Crippen molar-refractivity contribution in [1.82, 2.24) is 0 Å². The molecular weight excluding hydrogens is 278 g/mol. The Bertz CT molecular complexity index is 716. The SMILES string of the molecule is COc1ccc(-c2ccc(/C=C/C(=O)O)o2)c([N+](=O)[O-])c1. The Labute approximate surface area is 119 Å². The molecule has 7 heteroatoms. The van der Waals surface area contributed by atoms with E-state index in [1.807, 2.05) is 0 Å². The zero-order valence-electron chi connectivity index (χ0n) is 11.0. The number of methoxy groups -OCH3 is 1. The highest BCUT2D eigenvalue weighted by Crippen LogP contribution is 2.34. The molecule has 0 fully saturated rings. The summed E-state index contributed by atoms with van der Waals surface area (Å²) < 4.78 is 10.3. The molecule has 1 aromatic heterocycles. The van der Waals surface area contributed by atoms with Crippen LogP contribution in [0.4, 0.5) is 5.69 Å². The topological polar surface area (TPSA) is 103 Å². The van der Waals surface area contributed by atoms with Gasteiger partial charge in [0.25, 0.3) is 5.69 Å². The second kappa shape index (κ2) is 5.91. The molecule has 2 aromatic rings. The fraction of sp³-hybridized carbons (Fsp3) is 0.0714. The Kier molecular flexibility index (Phi) is 4.03. The normalized spacial score (nSPS) is 10.7. The zero-order chi connectivity index (χ0) is 15.4. The molecular formula is C14H11NO6. The van der Waals surface area contributed by atoms with Crippen molar-refractivity contribution in [2.24, 2.45) is 0 Å². The van der Waals surface area contributed by atoms with Gasteiger partial charge in [0.05, 0.1) is 23.7 Å². The maximum absolute atomic E-state index is 11.1. The molecule has 0 aliphatic heterocycles. The molecule has 0 radical (unpaired) electrons. The Balaban J connectivity index is 2.42. The highest BCUT2D eigenvalue weighted by Gasteiger charge is 2.19. The van der Waals surface area contributed by atoms with E-state index in [1.165, 1.54) is 37.5 Å². The lowest BCUT2D eigenvalue weighted by Gasteiger charge is -2.03. The predicted molar refractivity (Wildman–Crippen MR) is 74.0 cm³/mol. The van der Waals surface area contributed by atoms with Gasteiger partial charge < -0.3 is 14.3 Å². The number of aliphatic carboxylic acids is 1. The lowest BCUT2D eigenvalue weighted by Crippen LogP contribution is -1.93. The van der Waals surface area contributed by atoms with Crippen LogP contribution in [0.1, 0.15) is 5.76 Å². The van der Waals surface area contributed by atoms with Crippen LogP contribution in [0.3, 0.4) is 0 Å². The lowest BCUT2D eigenvalue weighted by molar-refractivity contribution is -0.384. The molecule has 108 valence electrons. The quantitative estimate of drug-likeness (QED) is 0.515. The van der Waals surface area contributed by atoms with E-state index in [0.717, 1.165) is 6.08 Å². The molecule has 0 saturated carbocycles. The number of nitro benzene ring substituents is 1. The van der Waals surface area contributed by atoms with Crippen LogP contribution in [-0.2, 0) is 4.79 Å². The van der Waals surface area contributed by atoms with Crippen LogP contribution in [0.15, 0.2) is 40.8 Å². The maximum Gasteiger partial charge on any atom is 0.328 e. The minimum absolute atomic E-state index is 0.155. The first-order valence-electron chi connectivity index (χ1n) is 5.85. The second-order valence-electron chi connectivity index (χ2n) is 4.01. The summed E-state index contributed by atoms with van der Waals surface area (Å²) in [5.74, 6) is -0.182. The van der Waals surface area contributed by atoms with Gasteiger partial charge >= 0.3 is 5.97 Å². The summed E-state index contributed by atoms with van der Waals surface area (Å²) in [6.45, 7) is 0. The Hall–Kier alpha value is -3.09. The summed E-state index contributed by atoms with van der Waals surface area (Å²) in [4.78, 5) is 21.0. The lowest BCUT2D eigenvalue weighted by atomic mass is 10.1. The molecule has 0 saturated heterocycles. The van der Waals surface area contributed by atoms with Crippen molar-refractivity contribution in [3.8, 4) is 17.1 Å². The number of nitrogens with zero attached hydrogens (tertiary/aromatic N) is 1. The molecule has 21 heavy (non-hydrogen) atoms. The first-order valence-corrected chi connectivity index (χ1v) is 5.85. The molecule has 1 aromatic carbocycles. The van der Waals surface area contributed by atoms with E-state index in [9.17, 15) is 14.9 Å². The molecule has 0 aliphatic carbocycles. The van der Waals surface area contributed by atoms with Gasteiger partial charge in [-0.25, -0.2) is 4.79 Å². The monoisotopic (exact) mass is 289 g/mol. The number of rotatable bonds is 5. The van der Waals surface area contributed by atoms with Crippen LogP contribution in [0, 0.1) is 10.1 Å². The summed E-state index contributed by atoms with van der Waals surface area (Å²) in [5.41, 5.74) is 0.133. The van der Waals surface area contributed by atoms with Crippen LogP contribution in [0.2, 0.25) is 0 Å². The van der Waals surface area contributed by atoms with Crippen LogP contribution in [0.5, 0.6) is 5.75 Å². The summed E-state index contributed by atoms with van der Waals surface area (Å²) in [6.07, 6.45) is 2.19. The van der Waals surface area contributed by atoms with Gasteiger partial charge in [-0.3, -0.25) is 10.1 Å². The molecule has 7 nitrogen and oxygen atoms in total. The van der Waals surface area contributed by atoms with Gasteiger partial charge in [-0.2, -0.15) is 0 Å². The second-order valence-corrected chi connectivity index (χ2v) is 4.01. The van der Waals surface area contributed by atoms with E-state index in [-0.39, 0.29) is 22.8 Å². The molecule has 0 unspecified atom stereocenters. The van der Waals surface area contributed by atoms with Gasteiger partial charge in [-0.05, 0) is 30.3 Å². The van der Waals surface area contributed by atoms with Crippen LogP contribution in [-0.4, -0.2) is 23.1 Å². The van der Waals surface area contributed by atoms with E-state index >= 15 is 0 Å². The minimum atomic E-state index is -1.11. The third kappa shape index (κ3) is 3.27. The van der Waals surface area contributed by atoms with Gasteiger partial charge in [0.15, 0.2) is 0 Å². The highest BCUT2D eigenvalue weighted by atomic mass is 16.6. The van der Waals surface area contributed by atoms with E-state index in [2.05, 4.69) is 0 Å². The van der Waals surface area contributed by atoms with Crippen molar-refractivity contribution in [3.63, 3.8) is 0 Å². The van der Waals surface area contributed by atoms with Crippen molar-refractivity contribution < 1.29 is 24.0 Å². The Morgan fingerprint density at radius 1 is 1.38 bits per heavy atom. The van der Waals surface area contributed by atoms with Crippen LogP contribution in [0.25, 0.3) is 17.4 Å². The van der Waals surface area contributed by atoms with Crippen LogP contribution >= 0.6 is 0 Å². The molecule has 0 bridgehead atoms. The molecule has 2 rings (SSSR count). The molecule has 0 atom stereocenters. The largest absolute Gasteiger partial charge is 0.497 e. The number of carboxylic acids is 1. The summed E-state index contributed by atoms with van der Waals surface area (Å²) in [5, 5.41) is 19.6. The van der Waals surface area contributed by atoms with Gasteiger partial charge in [0.2, 0.25) is 0 Å². The zero-order valence-corrected chi connectivity index (χ0v) is 11.0. The number of nitro groups is 1. The van der Waals surface area contributed by atoms with Crippen molar-refractivity contribution in [1.29, 1.82) is 0 Å². The van der Waals surface area contributed by atoms with E-state index in [1.54, 1.807) is 6.07 Å². The van der Waals surface area contributed by atoms with Gasteiger partial charge in [0.1, 0.15) is 17.3 Å². The third-order valence-electron chi connectivity index (χ3n) is 2.68. The minimum Gasteiger partial charge on any atom is -0.497 e. The predicted octanol–water partition coefficient (Wildman–Crippen LogP) is 2.96. The van der Waals surface area contributed by atoms with Crippen molar-refractivity contribution in [2.45, 2.75) is 0 Å². The van der Waals surface area contributed by atoms with Gasteiger partial charge in [-0.1, -0.05) is 0 Å². The fourth-order valence-electron chi connectivity index (χ4n) is 1.74. The van der Waals surface area contributed by atoms with E-state index in [0.29, 0.717) is 5.75 Å². The van der Waals surface area contributed by atoms with Gasteiger partial charge in [-0.15, -0.1) is 0 Å².